The second-order valence-corrected chi connectivity index (χ2v) is 7.38. The molecule has 5 heterocycles. The average Bonchev–Trinajstić information content (AvgIpc) is 3.28. The van der Waals surface area contributed by atoms with Crippen LogP contribution in [0.2, 0.25) is 0 Å². The molecule has 152 valence electrons. The van der Waals surface area contributed by atoms with Crippen LogP contribution in [0.25, 0.3) is 22.6 Å². The number of pyridine rings is 1. The lowest BCUT2D eigenvalue weighted by Gasteiger charge is -2.28. The second kappa shape index (κ2) is 6.87. The van der Waals surface area contributed by atoms with Gasteiger partial charge in [-0.05, 0) is 12.1 Å². The van der Waals surface area contributed by atoms with Gasteiger partial charge in [0.2, 0.25) is 5.95 Å². The fourth-order valence-corrected chi connectivity index (χ4v) is 3.84. The SMILES string of the molecule is Cn1c(-c2ccncc2)nc2c(N3CCOCC3)nc(N3CCC(F)(F)C3)nc21. The lowest BCUT2D eigenvalue weighted by Crippen LogP contribution is -2.37. The molecule has 0 unspecified atom stereocenters. The number of nitrogens with zero attached hydrogens (tertiary/aromatic N) is 7. The van der Waals surface area contributed by atoms with E-state index in [1.165, 1.54) is 0 Å². The summed E-state index contributed by atoms with van der Waals surface area (Å²) in [5.74, 6) is -0.999. The number of imidazole rings is 1. The zero-order valence-corrected chi connectivity index (χ0v) is 16.1. The third kappa shape index (κ3) is 3.27. The van der Waals surface area contributed by atoms with Crippen molar-refractivity contribution in [3.8, 4) is 11.4 Å². The van der Waals surface area contributed by atoms with Crippen molar-refractivity contribution in [2.75, 3.05) is 49.2 Å². The second-order valence-electron chi connectivity index (χ2n) is 7.38. The summed E-state index contributed by atoms with van der Waals surface area (Å²) in [5.41, 5.74) is 2.19. The maximum absolute atomic E-state index is 13.8. The van der Waals surface area contributed by atoms with E-state index in [1.807, 2.05) is 23.7 Å². The largest absolute Gasteiger partial charge is 0.378 e. The summed E-state index contributed by atoms with van der Waals surface area (Å²) in [5, 5.41) is 0. The van der Waals surface area contributed by atoms with Gasteiger partial charge >= 0.3 is 0 Å². The first kappa shape index (κ1) is 18.2. The Hall–Kier alpha value is -2.88. The Morgan fingerprint density at radius 2 is 1.76 bits per heavy atom. The van der Waals surface area contributed by atoms with Gasteiger partial charge in [0.1, 0.15) is 5.82 Å². The van der Waals surface area contributed by atoms with Gasteiger partial charge in [-0.3, -0.25) is 4.98 Å². The molecule has 0 radical (unpaired) electrons. The van der Waals surface area contributed by atoms with E-state index in [-0.39, 0.29) is 19.5 Å². The Morgan fingerprint density at radius 3 is 2.45 bits per heavy atom. The number of alkyl halides is 2. The van der Waals surface area contributed by atoms with Crippen LogP contribution in [0.15, 0.2) is 24.5 Å². The molecule has 3 aromatic rings. The number of anilines is 2. The topological polar surface area (TPSA) is 72.2 Å². The molecule has 10 heteroatoms. The molecule has 0 atom stereocenters. The molecule has 0 amide bonds. The highest BCUT2D eigenvalue weighted by Crippen LogP contribution is 2.34. The van der Waals surface area contributed by atoms with Crippen molar-refractivity contribution in [3.63, 3.8) is 0 Å². The molecule has 8 nitrogen and oxygen atoms in total. The molecule has 0 aromatic carbocycles. The van der Waals surface area contributed by atoms with Gasteiger partial charge in [0, 0.05) is 51.1 Å². The molecular formula is C19H21F2N7O. The monoisotopic (exact) mass is 401 g/mol. The Bertz CT molecular complexity index is 1030. The maximum Gasteiger partial charge on any atom is 0.267 e. The number of aromatic nitrogens is 5. The first-order valence-electron chi connectivity index (χ1n) is 9.62. The van der Waals surface area contributed by atoms with E-state index < -0.39 is 5.92 Å². The lowest BCUT2D eigenvalue weighted by molar-refractivity contribution is 0.0256. The number of rotatable bonds is 3. The summed E-state index contributed by atoms with van der Waals surface area (Å²) in [4.78, 5) is 21.8. The molecule has 5 rings (SSSR count). The standard InChI is InChI=1S/C19H21F2N7O/c1-26-15(13-2-5-22-6-3-13)23-14-16(26)24-18(28-7-4-19(20,21)12-28)25-17(14)27-8-10-29-11-9-27/h2-3,5-6H,4,7-12H2,1H3. The van der Waals surface area contributed by atoms with Crippen LogP contribution in [0.1, 0.15) is 6.42 Å². The summed E-state index contributed by atoms with van der Waals surface area (Å²) in [6.07, 6.45) is 3.23. The van der Waals surface area contributed by atoms with Gasteiger partial charge in [-0.25, -0.2) is 13.8 Å². The first-order valence-corrected chi connectivity index (χ1v) is 9.62. The van der Waals surface area contributed by atoms with Gasteiger partial charge in [0.05, 0.1) is 19.8 Å². The van der Waals surface area contributed by atoms with Crippen LogP contribution in [0.5, 0.6) is 0 Å². The Labute approximate surface area is 166 Å². The Kier molecular flexibility index (Phi) is 4.30. The molecule has 2 fully saturated rings. The highest BCUT2D eigenvalue weighted by molar-refractivity contribution is 5.88. The molecule has 2 saturated heterocycles. The van der Waals surface area contributed by atoms with E-state index in [1.54, 1.807) is 17.3 Å². The predicted octanol–water partition coefficient (Wildman–Crippen LogP) is 2.11. The predicted molar refractivity (Wildman–Crippen MR) is 104 cm³/mol. The van der Waals surface area contributed by atoms with E-state index in [0.717, 1.165) is 11.4 Å². The summed E-state index contributed by atoms with van der Waals surface area (Å²) in [6.45, 7) is 2.39. The molecule has 2 aliphatic rings. The molecule has 2 aliphatic heterocycles. The molecule has 0 bridgehead atoms. The highest BCUT2D eigenvalue weighted by Gasteiger charge is 2.40. The van der Waals surface area contributed by atoms with Gasteiger partial charge in [-0.2, -0.15) is 9.97 Å². The number of hydrogen-bond acceptors (Lipinski definition) is 7. The third-order valence-corrected chi connectivity index (χ3v) is 5.39. The Balaban J connectivity index is 1.67. The third-order valence-electron chi connectivity index (χ3n) is 5.39. The van der Waals surface area contributed by atoms with Crippen LogP contribution in [0.4, 0.5) is 20.5 Å². The summed E-state index contributed by atoms with van der Waals surface area (Å²) in [7, 11) is 1.88. The zero-order chi connectivity index (χ0) is 20.0. The van der Waals surface area contributed by atoms with Crippen LogP contribution < -0.4 is 9.80 Å². The summed E-state index contributed by atoms with van der Waals surface area (Å²) >= 11 is 0. The molecular weight excluding hydrogens is 380 g/mol. The van der Waals surface area contributed by atoms with Crippen molar-refractivity contribution in [2.24, 2.45) is 7.05 Å². The van der Waals surface area contributed by atoms with Crippen molar-refractivity contribution >= 4 is 22.9 Å². The molecule has 0 N–H and O–H groups in total. The van der Waals surface area contributed by atoms with Crippen molar-refractivity contribution in [1.29, 1.82) is 0 Å². The van der Waals surface area contributed by atoms with Crippen molar-refractivity contribution in [2.45, 2.75) is 12.3 Å². The van der Waals surface area contributed by atoms with E-state index >= 15 is 0 Å². The van der Waals surface area contributed by atoms with E-state index in [4.69, 9.17) is 9.72 Å². The molecule has 0 aliphatic carbocycles. The zero-order valence-electron chi connectivity index (χ0n) is 16.1. The van der Waals surface area contributed by atoms with Crippen molar-refractivity contribution in [3.05, 3.63) is 24.5 Å². The van der Waals surface area contributed by atoms with E-state index in [2.05, 4.69) is 19.9 Å². The first-order chi connectivity index (χ1) is 14.0. The van der Waals surface area contributed by atoms with Crippen molar-refractivity contribution in [1.82, 2.24) is 24.5 Å². The van der Waals surface area contributed by atoms with Crippen LogP contribution >= 0.6 is 0 Å². The number of aryl methyl sites for hydroxylation is 1. The van der Waals surface area contributed by atoms with Crippen LogP contribution in [-0.4, -0.2) is 69.8 Å². The van der Waals surface area contributed by atoms with Gasteiger partial charge in [-0.15, -0.1) is 0 Å². The number of morpholine rings is 1. The van der Waals surface area contributed by atoms with Crippen LogP contribution in [0, 0.1) is 0 Å². The minimum Gasteiger partial charge on any atom is -0.378 e. The van der Waals surface area contributed by atoms with Crippen LogP contribution in [0.3, 0.4) is 0 Å². The lowest BCUT2D eigenvalue weighted by atomic mass is 10.2. The smallest absolute Gasteiger partial charge is 0.267 e. The van der Waals surface area contributed by atoms with Gasteiger partial charge in [0.25, 0.3) is 5.92 Å². The minimum atomic E-state index is -2.72. The van der Waals surface area contributed by atoms with Gasteiger partial charge in [0.15, 0.2) is 17.0 Å². The Morgan fingerprint density at radius 1 is 1.00 bits per heavy atom. The maximum atomic E-state index is 13.8. The van der Waals surface area contributed by atoms with Crippen molar-refractivity contribution < 1.29 is 13.5 Å². The van der Waals surface area contributed by atoms with Gasteiger partial charge in [-0.1, -0.05) is 0 Å². The average molecular weight is 401 g/mol. The van der Waals surface area contributed by atoms with Crippen LogP contribution in [-0.2, 0) is 11.8 Å². The number of fused-ring (bicyclic) bond motifs is 1. The highest BCUT2D eigenvalue weighted by atomic mass is 19.3. The van der Waals surface area contributed by atoms with E-state index in [0.29, 0.717) is 49.2 Å². The van der Waals surface area contributed by atoms with Gasteiger partial charge < -0.3 is 19.1 Å². The quantitative estimate of drug-likeness (QED) is 0.666. The molecule has 0 spiro atoms. The summed E-state index contributed by atoms with van der Waals surface area (Å²) in [6, 6.07) is 3.76. The number of halogens is 2. The number of ether oxygens (including phenoxy) is 1. The number of hydrogen-bond donors (Lipinski definition) is 0. The fraction of sp³-hybridized carbons (Fsp3) is 0.474. The minimum absolute atomic E-state index is 0.186. The summed E-state index contributed by atoms with van der Waals surface area (Å²) < 4.78 is 35.0. The fourth-order valence-electron chi connectivity index (χ4n) is 3.84. The normalized spacial score (nSPS) is 19.3. The van der Waals surface area contributed by atoms with E-state index in [9.17, 15) is 8.78 Å². The molecule has 29 heavy (non-hydrogen) atoms. The molecule has 0 saturated carbocycles. The molecule has 3 aromatic heterocycles.